The Bertz CT molecular complexity index is 496. The van der Waals surface area contributed by atoms with Gasteiger partial charge in [-0.3, -0.25) is 0 Å². The lowest BCUT2D eigenvalue weighted by Gasteiger charge is -2.21. The van der Waals surface area contributed by atoms with Crippen LogP contribution in [-0.2, 0) is 17.7 Å². The van der Waals surface area contributed by atoms with Crippen molar-refractivity contribution in [1.29, 1.82) is 0 Å². The second-order valence-corrected chi connectivity index (χ2v) is 6.27. The maximum atomic E-state index is 5.93. The minimum absolute atomic E-state index is 0.503. The first-order valence-corrected chi connectivity index (χ1v) is 8.77. The van der Waals surface area contributed by atoms with E-state index in [2.05, 4.69) is 37.2 Å². The lowest BCUT2D eigenvalue weighted by Crippen LogP contribution is -2.17. The minimum Gasteiger partial charge on any atom is -0.396 e. The first-order chi connectivity index (χ1) is 10.8. The molecular weight excluding hydrogens is 272 g/mol. The highest BCUT2D eigenvalue weighted by Gasteiger charge is 2.17. The Morgan fingerprint density at radius 1 is 1.18 bits per heavy atom. The van der Waals surface area contributed by atoms with E-state index in [1.54, 1.807) is 0 Å². The van der Waals surface area contributed by atoms with Crippen LogP contribution >= 0.6 is 0 Å². The highest BCUT2D eigenvalue weighted by atomic mass is 16.6. The predicted octanol–water partition coefficient (Wildman–Crippen LogP) is 4.19. The summed E-state index contributed by atoms with van der Waals surface area (Å²) in [7, 11) is 0. The number of unbranched alkanes of at least 4 members (excludes halogenated alkanes) is 1. The summed E-state index contributed by atoms with van der Waals surface area (Å²) in [5, 5.41) is 4.32. The van der Waals surface area contributed by atoms with Crippen LogP contribution in [0.15, 0.2) is 23.4 Å². The molecule has 0 spiro atoms. The van der Waals surface area contributed by atoms with E-state index in [0.29, 0.717) is 5.92 Å². The zero-order valence-corrected chi connectivity index (χ0v) is 14.1. The zero-order valence-electron chi connectivity index (χ0n) is 14.1. The normalized spacial score (nSPS) is 17.3. The molecule has 0 amide bonds. The van der Waals surface area contributed by atoms with Crippen molar-refractivity contribution in [3.05, 3.63) is 34.9 Å². The summed E-state index contributed by atoms with van der Waals surface area (Å²) < 4.78 is 0. The Morgan fingerprint density at radius 2 is 2.05 bits per heavy atom. The van der Waals surface area contributed by atoms with Gasteiger partial charge in [0, 0.05) is 6.42 Å². The molecule has 1 aromatic carbocycles. The summed E-state index contributed by atoms with van der Waals surface area (Å²) in [6, 6.07) is 6.90. The number of nitrogens with zero attached hydrogens (tertiary/aromatic N) is 1. The molecule has 22 heavy (non-hydrogen) atoms. The third-order valence-electron chi connectivity index (χ3n) is 4.48. The van der Waals surface area contributed by atoms with Gasteiger partial charge in [-0.15, -0.1) is 0 Å². The molecule has 0 radical (unpaired) electrons. The largest absolute Gasteiger partial charge is 0.396 e. The minimum atomic E-state index is 0.503. The van der Waals surface area contributed by atoms with Gasteiger partial charge in [-0.25, -0.2) is 0 Å². The summed E-state index contributed by atoms with van der Waals surface area (Å²) in [5.74, 6) is 0.503. The number of aryl methyl sites for hydroxylation is 1. The van der Waals surface area contributed by atoms with Gasteiger partial charge in [0.2, 0.25) is 0 Å². The van der Waals surface area contributed by atoms with Crippen LogP contribution in [0, 0.1) is 0 Å². The first kappa shape index (κ1) is 17.0. The molecule has 0 saturated heterocycles. The van der Waals surface area contributed by atoms with Crippen LogP contribution in [0.25, 0.3) is 0 Å². The van der Waals surface area contributed by atoms with Gasteiger partial charge < -0.3 is 10.6 Å². The van der Waals surface area contributed by atoms with Gasteiger partial charge in [0.15, 0.2) is 0 Å². The van der Waals surface area contributed by atoms with Crippen LogP contribution in [0.4, 0.5) is 0 Å². The number of hydrogen-bond donors (Lipinski definition) is 1. The molecule has 2 rings (SSSR count). The zero-order chi connectivity index (χ0) is 15.8. The van der Waals surface area contributed by atoms with Crippen molar-refractivity contribution in [2.45, 2.75) is 64.7 Å². The third kappa shape index (κ3) is 4.57. The molecule has 0 saturated carbocycles. The van der Waals surface area contributed by atoms with E-state index in [0.717, 1.165) is 45.3 Å². The van der Waals surface area contributed by atoms with Crippen molar-refractivity contribution in [2.75, 3.05) is 13.2 Å². The van der Waals surface area contributed by atoms with Crippen molar-refractivity contribution < 1.29 is 4.84 Å². The van der Waals surface area contributed by atoms with Gasteiger partial charge in [0.05, 0.1) is 5.71 Å². The van der Waals surface area contributed by atoms with E-state index in [1.165, 1.54) is 35.2 Å². The lowest BCUT2D eigenvalue weighted by molar-refractivity contribution is 0.140. The summed E-state index contributed by atoms with van der Waals surface area (Å²) >= 11 is 0. The van der Waals surface area contributed by atoms with Crippen LogP contribution in [0.3, 0.4) is 0 Å². The van der Waals surface area contributed by atoms with Crippen molar-refractivity contribution >= 4 is 5.71 Å². The topological polar surface area (TPSA) is 47.6 Å². The molecule has 2 N–H and O–H groups in total. The second-order valence-electron chi connectivity index (χ2n) is 6.27. The third-order valence-corrected chi connectivity index (χ3v) is 4.48. The van der Waals surface area contributed by atoms with Crippen molar-refractivity contribution in [1.82, 2.24) is 0 Å². The smallest absolute Gasteiger partial charge is 0.117 e. The van der Waals surface area contributed by atoms with Crippen LogP contribution in [0.5, 0.6) is 0 Å². The summed E-state index contributed by atoms with van der Waals surface area (Å²) in [5.41, 5.74) is 11.4. The highest BCUT2D eigenvalue weighted by Crippen LogP contribution is 2.26. The maximum Gasteiger partial charge on any atom is 0.117 e. The molecule has 0 heterocycles. The molecule has 0 bridgehead atoms. The van der Waals surface area contributed by atoms with Gasteiger partial charge in [0.25, 0.3) is 0 Å². The standard InChI is InChI=1S/C19H30N2O/c1-3-5-11-22-21-19-10-9-15-12-16(7-8-17(15)13-19)18(14-20)6-4-2/h7-8,12,18H,3-6,9-11,13-14,20H2,1-2H3/b21-19-. The Hall–Kier alpha value is -1.35. The second kappa shape index (κ2) is 8.94. The van der Waals surface area contributed by atoms with Crippen LogP contribution < -0.4 is 5.73 Å². The molecule has 1 aliphatic rings. The molecule has 3 nitrogen and oxygen atoms in total. The van der Waals surface area contributed by atoms with Crippen molar-refractivity contribution in [2.24, 2.45) is 10.9 Å². The summed E-state index contributed by atoms with van der Waals surface area (Å²) in [6.07, 6.45) is 7.61. The molecular formula is C19H30N2O. The number of nitrogens with two attached hydrogens (primary N) is 1. The van der Waals surface area contributed by atoms with Gasteiger partial charge in [0.1, 0.15) is 6.61 Å². The average Bonchev–Trinajstić information content (AvgIpc) is 2.56. The summed E-state index contributed by atoms with van der Waals surface area (Å²) in [4.78, 5) is 5.41. The molecule has 1 aromatic rings. The quantitative estimate of drug-likeness (QED) is 0.578. The van der Waals surface area contributed by atoms with Crippen LogP contribution in [0.1, 0.15) is 68.6 Å². The fourth-order valence-corrected chi connectivity index (χ4v) is 3.08. The Labute approximate surface area is 134 Å². The molecule has 1 aliphatic carbocycles. The van der Waals surface area contributed by atoms with E-state index in [9.17, 15) is 0 Å². The van der Waals surface area contributed by atoms with Crippen LogP contribution in [-0.4, -0.2) is 18.9 Å². The number of benzene rings is 1. The highest BCUT2D eigenvalue weighted by molar-refractivity contribution is 5.88. The van der Waals surface area contributed by atoms with Gasteiger partial charge in [-0.1, -0.05) is 50.0 Å². The Balaban J connectivity index is 2.02. The van der Waals surface area contributed by atoms with Crippen LogP contribution in [0.2, 0.25) is 0 Å². The number of oxime groups is 1. The molecule has 122 valence electrons. The van der Waals surface area contributed by atoms with E-state index in [1.807, 2.05) is 0 Å². The molecule has 0 fully saturated rings. The number of rotatable bonds is 8. The van der Waals surface area contributed by atoms with Gasteiger partial charge in [-0.05, 0) is 54.8 Å². The fourth-order valence-electron chi connectivity index (χ4n) is 3.08. The first-order valence-electron chi connectivity index (χ1n) is 8.77. The van der Waals surface area contributed by atoms with E-state index in [4.69, 9.17) is 10.6 Å². The summed E-state index contributed by atoms with van der Waals surface area (Å²) in [6.45, 7) is 5.87. The van der Waals surface area contributed by atoms with Crippen molar-refractivity contribution in [3.63, 3.8) is 0 Å². The Morgan fingerprint density at radius 3 is 2.77 bits per heavy atom. The molecule has 1 atom stereocenters. The SMILES string of the molecule is CCCCO/N=C1/CCc2cc(C(CN)CCC)ccc2C1. The lowest BCUT2D eigenvalue weighted by atomic mass is 9.85. The molecule has 1 unspecified atom stereocenters. The monoisotopic (exact) mass is 302 g/mol. The Kier molecular flexibility index (Phi) is 6.91. The van der Waals surface area contributed by atoms with E-state index < -0.39 is 0 Å². The number of fused-ring (bicyclic) bond motifs is 1. The molecule has 0 aliphatic heterocycles. The number of hydrogen-bond acceptors (Lipinski definition) is 3. The van der Waals surface area contributed by atoms with Crippen molar-refractivity contribution in [3.8, 4) is 0 Å². The maximum absolute atomic E-state index is 5.93. The van der Waals surface area contributed by atoms with E-state index in [-0.39, 0.29) is 0 Å². The van der Waals surface area contributed by atoms with Gasteiger partial charge >= 0.3 is 0 Å². The molecule has 3 heteroatoms. The van der Waals surface area contributed by atoms with E-state index >= 15 is 0 Å². The average molecular weight is 302 g/mol. The molecule has 0 aromatic heterocycles. The van der Waals surface area contributed by atoms with Gasteiger partial charge in [-0.2, -0.15) is 0 Å². The predicted molar refractivity (Wildman–Crippen MR) is 93.5 cm³/mol. The fraction of sp³-hybridized carbons (Fsp3) is 0.632.